The van der Waals surface area contributed by atoms with Gasteiger partial charge in [0.2, 0.25) is 0 Å². The average Bonchev–Trinajstić information content (AvgIpc) is 2.84. The Kier molecular flexibility index (Phi) is 6.69. The number of methoxy groups -OCH3 is 1. The fraction of sp³-hybridized carbons (Fsp3) is 0.154. The lowest BCUT2D eigenvalue weighted by Gasteiger charge is -2.23. The van der Waals surface area contributed by atoms with E-state index in [1.165, 1.54) is 17.0 Å². The summed E-state index contributed by atoms with van der Waals surface area (Å²) in [5.41, 5.74) is 2.57. The van der Waals surface area contributed by atoms with Crippen LogP contribution >= 0.6 is 0 Å². The van der Waals surface area contributed by atoms with Gasteiger partial charge in [-0.1, -0.05) is 42.5 Å². The third kappa shape index (κ3) is 5.57. The van der Waals surface area contributed by atoms with E-state index >= 15 is 0 Å². The highest BCUT2D eigenvalue weighted by molar-refractivity contribution is 5.81. The van der Waals surface area contributed by atoms with E-state index in [2.05, 4.69) is 10.3 Å². The van der Waals surface area contributed by atoms with Gasteiger partial charge in [0.1, 0.15) is 11.6 Å². The average molecular weight is 445 g/mol. The zero-order valence-electron chi connectivity index (χ0n) is 18.2. The van der Waals surface area contributed by atoms with Crippen LogP contribution in [0.2, 0.25) is 0 Å². The van der Waals surface area contributed by atoms with Crippen molar-refractivity contribution in [3.8, 4) is 5.75 Å². The third-order valence-electron chi connectivity index (χ3n) is 5.35. The van der Waals surface area contributed by atoms with E-state index in [9.17, 15) is 14.0 Å². The zero-order chi connectivity index (χ0) is 23.2. The van der Waals surface area contributed by atoms with Crippen molar-refractivity contribution in [1.29, 1.82) is 0 Å². The van der Waals surface area contributed by atoms with Crippen molar-refractivity contribution in [2.45, 2.75) is 19.6 Å². The molecule has 0 fully saturated rings. The molecular formula is C26H24FN3O3. The fourth-order valence-corrected chi connectivity index (χ4v) is 3.58. The number of pyridine rings is 1. The summed E-state index contributed by atoms with van der Waals surface area (Å²) in [6, 6.07) is 22.3. The highest BCUT2D eigenvalue weighted by atomic mass is 19.1. The van der Waals surface area contributed by atoms with E-state index in [1.807, 2.05) is 36.4 Å². The first kappa shape index (κ1) is 22.1. The molecule has 0 aliphatic rings. The van der Waals surface area contributed by atoms with Gasteiger partial charge < -0.3 is 19.9 Å². The second kappa shape index (κ2) is 9.99. The van der Waals surface area contributed by atoms with E-state index in [0.29, 0.717) is 23.4 Å². The van der Waals surface area contributed by atoms with E-state index in [0.717, 1.165) is 16.5 Å². The van der Waals surface area contributed by atoms with Crippen LogP contribution in [0.15, 0.2) is 83.7 Å². The number of benzene rings is 3. The number of hydrogen-bond donors (Lipinski definition) is 2. The smallest absolute Gasteiger partial charge is 0.318 e. The molecule has 0 unspecified atom stereocenters. The first-order valence-corrected chi connectivity index (χ1v) is 10.5. The standard InChI is InChI=1S/C26H24FN3O3/c1-33-23-11-12-24-20(14-23)13-21(25(31)29-24)17-30(16-19-7-9-22(27)10-8-19)26(32)28-15-18-5-3-2-4-6-18/h2-14H,15-17H2,1H3,(H,28,32)(H,29,31). The summed E-state index contributed by atoms with van der Waals surface area (Å²) >= 11 is 0. The van der Waals surface area contributed by atoms with E-state index in [4.69, 9.17) is 4.74 Å². The molecule has 4 rings (SSSR count). The van der Waals surface area contributed by atoms with Gasteiger partial charge in [0.25, 0.3) is 5.56 Å². The summed E-state index contributed by atoms with van der Waals surface area (Å²) in [6.07, 6.45) is 0. The number of carbonyl (C=O) groups excluding carboxylic acids is 1. The van der Waals surface area contributed by atoms with Crippen molar-refractivity contribution in [1.82, 2.24) is 15.2 Å². The molecule has 0 spiro atoms. The van der Waals surface area contributed by atoms with Gasteiger partial charge in [-0.2, -0.15) is 0 Å². The topological polar surface area (TPSA) is 74.4 Å². The van der Waals surface area contributed by atoms with E-state index in [1.54, 1.807) is 37.4 Å². The second-order valence-electron chi connectivity index (χ2n) is 7.70. The molecule has 4 aromatic rings. The minimum absolute atomic E-state index is 0.0838. The summed E-state index contributed by atoms with van der Waals surface area (Å²) in [5.74, 6) is 0.322. The summed E-state index contributed by atoms with van der Waals surface area (Å²) in [4.78, 5) is 30.2. The van der Waals surface area contributed by atoms with Crippen LogP contribution in [0.4, 0.5) is 9.18 Å². The number of aromatic nitrogens is 1. The molecule has 0 aliphatic carbocycles. The Hall–Kier alpha value is -4.13. The fourth-order valence-electron chi connectivity index (χ4n) is 3.58. The number of nitrogens with one attached hydrogen (secondary N) is 2. The van der Waals surface area contributed by atoms with Crippen LogP contribution in [0, 0.1) is 5.82 Å². The van der Waals surface area contributed by atoms with Crippen molar-refractivity contribution >= 4 is 16.9 Å². The maximum atomic E-state index is 13.4. The van der Waals surface area contributed by atoms with Gasteiger partial charge in [-0.05, 0) is 47.5 Å². The third-order valence-corrected chi connectivity index (χ3v) is 5.35. The van der Waals surface area contributed by atoms with Gasteiger partial charge in [0.15, 0.2) is 0 Å². The molecule has 2 N–H and O–H groups in total. The second-order valence-corrected chi connectivity index (χ2v) is 7.70. The Labute approximate surface area is 190 Å². The molecule has 0 aliphatic heterocycles. The molecule has 7 heteroatoms. The van der Waals surface area contributed by atoms with Gasteiger partial charge >= 0.3 is 6.03 Å². The lowest BCUT2D eigenvalue weighted by molar-refractivity contribution is 0.191. The predicted molar refractivity (Wildman–Crippen MR) is 125 cm³/mol. The van der Waals surface area contributed by atoms with Crippen LogP contribution in [0.3, 0.4) is 0 Å². The zero-order valence-corrected chi connectivity index (χ0v) is 18.2. The van der Waals surface area contributed by atoms with Crippen LogP contribution in [0.25, 0.3) is 10.9 Å². The molecule has 0 radical (unpaired) electrons. The highest BCUT2D eigenvalue weighted by Crippen LogP contribution is 2.20. The number of carbonyl (C=O) groups is 1. The maximum absolute atomic E-state index is 13.4. The quantitative estimate of drug-likeness (QED) is 0.437. The molecule has 33 heavy (non-hydrogen) atoms. The number of fused-ring (bicyclic) bond motifs is 1. The molecule has 1 aromatic heterocycles. The molecule has 2 amide bonds. The van der Waals surface area contributed by atoms with Crippen molar-refractivity contribution in [2.24, 2.45) is 0 Å². The molecule has 168 valence electrons. The Bertz CT molecular complexity index is 1300. The Morgan fingerprint density at radius 2 is 1.73 bits per heavy atom. The van der Waals surface area contributed by atoms with Crippen molar-refractivity contribution in [3.63, 3.8) is 0 Å². The number of aromatic amines is 1. The number of ether oxygens (including phenoxy) is 1. The molecule has 0 saturated heterocycles. The minimum Gasteiger partial charge on any atom is -0.497 e. The van der Waals surface area contributed by atoms with Gasteiger partial charge in [0, 0.05) is 29.6 Å². The van der Waals surface area contributed by atoms with Crippen LogP contribution < -0.4 is 15.6 Å². The Morgan fingerprint density at radius 3 is 2.45 bits per heavy atom. The molecule has 0 atom stereocenters. The van der Waals surface area contributed by atoms with Crippen LogP contribution in [-0.4, -0.2) is 23.0 Å². The largest absolute Gasteiger partial charge is 0.497 e. The van der Waals surface area contributed by atoms with Crippen molar-refractivity contribution < 1.29 is 13.9 Å². The number of rotatable bonds is 7. The number of nitrogens with zero attached hydrogens (tertiary/aromatic N) is 1. The Morgan fingerprint density at radius 1 is 0.970 bits per heavy atom. The molecule has 0 saturated carbocycles. The SMILES string of the molecule is COc1ccc2[nH]c(=O)c(CN(Cc3ccc(F)cc3)C(=O)NCc3ccccc3)cc2c1. The lowest BCUT2D eigenvalue weighted by atomic mass is 10.1. The molecule has 3 aromatic carbocycles. The number of hydrogen-bond acceptors (Lipinski definition) is 3. The molecular weight excluding hydrogens is 421 g/mol. The van der Waals surface area contributed by atoms with Gasteiger partial charge in [0.05, 0.1) is 13.7 Å². The summed E-state index contributed by atoms with van der Waals surface area (Å²) in [5, 5.41) is 3.71. The van der Waals surface area contributed by atoms with Crippen LogP contribution in [-0.2, 0) is 19.6 Å². The first-order chi connectivity index (χ1) is 16.0. The normalized spacial score (nSPS) is 10.7. The highest BCUT2D eigenvalue weighted by Gasteiger charge is 2.17. The summed E-state index contributed by atoms with van der Waals surface area (Å²) < 4.78 is 18.6. The number of amides is 2. The van der Waals surface area contributed by atoms with E-state index < -0.39 is 0 Å². The molecule has 0 bridgehead atoms. The van der Waals surface area contributed by atoms with Gasteiger partial charge in [-0.25, -0.2) is 9.18 Å². The van der Waals surface area contributed by atoms with Crippen LogP contribution in [0.1, 0.15) is 16.7 Å². The minimum atomic E-state index is -0.348. The van der Waals surface area contributed by atoms with Crippen molar-refractivity contribution in [3.05, 3.63) is 112 Å². The summed E-state index contributed by atoms with van der Waals surface area (Å²) in [6.45, 7) is 0.655. The monoisotopic (exact) mass is 445 g/mol. The predicted octanol–water partition coefficient (Wildman–Crippen LogP) is 4.59. The Balaban J connectivity index is 1.60. The first-order valence-electron chi connectivity index (χ1n) is 10.5. The van der Waals surface area contributed by atoms with Gasteiger partial charge in [-0.3, -0.25) is 4.79 Å². The van der Waals surface area contributed by atoms with Crippen LogP contribution in [0.5, 0.6) is 5.75 Å². The van der Waals surface area contributed by atoms with Crippen molar-refractivity contribution in [2.75, 3.05) is 7.11 Å². The maximum Gasteiger partial charge on any atom is 0.318 e. The summed E-state index contributed by atoms with van der Waals surface area (Å²) in [7, 11) is 1.58. The molecule has 6 nitrogen and oxygen atoms in total. The number of halogens is 1. The lowest BCUT2D eigenvalue weighted by Crippen LogP contribution is -2.39. The molecule has 1 heterocycles. The van der Waals surface area contributed by atoms with Gasteiger partial charge in [-0.15, -0.1) is 0 Å². The number of urea groups is 1. The number of H-pyrrole nitrogens is 1. The van der Waals surface area contributed by atoms with E-state index in [-0.39, 0.29) is 30.5 Å².